The highest BCUT2D eigenvalue weighted by atomic mass is 16.3. The van der Waals surface area contributed by atoms with E-state index in [9.17, 15) is 10.2 Å². The van der Waals surface area contributed by atoms with Crippen LogP contribution in [0.5, 0.6) is 11.5 Å². The average Bonchev–Trinajstić information content (AvgIpc) is 2.21. The van der Waals surface area contributed by atoms with Gasteiger partial charge in [-0.05, 0) is 30.5 Å². The van der Waals surface area contributed by atoms with Gasteiger partial charge < -0.3 is 15.5 Å². The van der Waals surface area contributed by atoms with Gasteiger partial charge in [0.1, 0.15) is 11.5 Å². The maximum atomic E-state index is 9.97. The Balaban J connectivity index is 2.94. The maximum absolute atomic E-state index is 9.97. The van der Waals surface area contributed by atoms with Gasteiger partial charge in [-0.25, -0.2) is 0 Å². The van der Waals surface area contributed by atoms with Crippen molar-refractivity contribution in [1.29, 1.82) is 0 Å². The molecule has 0 aliphatic carbocycles. The monoisotopic (exact) mass is 237 g/mol. The lowest BCUT2D eigenvalue weighted by Gasteiger charge is -2.21. The summed E-state index contributed by atoms with van der Waals surface area (Å²) in [6.07, 6.45) is 1.05. The summed E-state index contributed by atoms with van der Waals surface area (Å²) in [4.78, 5) is 0. The minimum Gasteiger partial charge on any atom is -0.508 e. The van der Waals surface area contributed by atoms with Crippen molar-refractivity contribution in [3.63, 3.8) is 0 Å². The van der Waals surface area contributed by atoms with Gasteiger partial charge in [-0.2, -0.15) is 0 Å². The van der Waals surface area contributed by atoms with E-state index in [0.29, 0.717) is 6.54 Å². The van der Waals surface area contributed by atoms with Gasteiger partial charge in [0.15, 0.2) is 0 Å². The second kappa shape index (κ2) is 5.41. The largest absolute Gasteiger partial charge is 0.508 e. The van der Waals surface area contributed by atoms with Gasteiger partial charge in [-0.3, -0.25) is 0 Å². The van der Waals surface area contributed by atoms with E-state index < -0.39 is 0 Å². The van der Waals surface area contributed by atoms with Crippen LogP contribution < -0.4 is 5.32 Å². The van der Waals surface area contributed by atoms with Crippen molar-refractivity contribution in [2.24, 2.45) is 0 Å². The molecule has 3 heteroatoms. The molecule has 0 aliphatic heterocycles. The predicted molar refractivity (Wildman–Crippen MR) is 70.5 cm³/mol. The first-order valence-corrected chi connectivity index (χ1v) is 6.12. The van der Waals surface area contributed by atoms with Crippen molar-refractivity contribution in [3.8, 4) is 11.5 Å². The molecule has 0 spiro atoms. The van der Waals surface area contributed by atoms with Crippen LogP contribution in [0.4, 0.5) is 0 Å². The second-order valence-electron chi connectivity index (χ2n) is 5.42. The lowest BCUT2D eigenvalue weighted by molar-refractivity contribution is 0.429. The number of rotatable bonds is 4. The standard InChI is InChI=1S/C14H23NO2/c1-5-6-15-9-10-7-13(17)11(8-12(10)16)14(2,3)4/h7-8,15-17H,5-6,9H2,1-4H3. The molecule has 1 aromatic rings. The van der Waals surface area contributed by atoms with E-state index in [1.807, 2.05) is 20.8 Å². The summed E-state index contributed by atoms with van der Waals surface area (Å²) in [6.45, 7) is 9.61. The highest BCUT2D eigenvalue weighted by Gasteiger charge is 2.20. The fourth-order valence-electron chi connectivity index (χ4n) is 1.76. The van der Waals surface area contributed by atoms with Crippen LogP contribution in [0.2, 0.25) is 0 Å². The third-order valence-electron chi connectivity index (χ3n) is 2.75. The molecule has 0 heterocycles. The first-order valence-electron chi connectivity index (χ1n) is 6.12. The minimum absolute atomic E-state index is 0.170. The van der Waals surface area contributed by atoms with Gasteiger partial charge in [0.25, 0.3) is 0 Å². The van der Waals surface area contributed by atoms with Gasteiger partial charge in [-0.1, -0.05) is 27.7 Å². The molecular weight excluding hydrogens is 214 g/mol. The molecular formula is C14H23NO2. The maximum Gasteiger partial charge on any atom is 0.120 e. The molecule has 1 aromatic carbocycles. The molecule has 0 atom stereocenters. The molecule has 0 aliphatic rings. The van der Waals surface area contributed by atoms with Crippen molar-refractivity contribution in [3.05, 3.63) is 23.3 Å². The number of benzene rings is 1. The van der Waals surface area contributed by atoms with Crippen molar-refractivity contribution in [1.82, 2.24) is 5.32 Å². The number of hydrogen-bond acceptors (Lipinski definition) is 3. The summed E-state index contributed by atoms with van der Waals surface area (Å²) < 4.78 is 0. The smallest absolute Gasteiger partial charge is 0.120 e. The first-order chi connectivity index (χ1) is 7.86. The van der Waals surface area contributed by atoms with E-state index in [1.54, 1.807) is 12.1 Å². The van der Waals surface area contributed by atoms with Crippen LogP contribution in [0, 0.1) is 0 Å². The van der Waals surface area contributed by atoms with Crippen molar-refractivity contribution < 1.29 is 10.2 Å². The lowest BCUT2D eigenvalue weighted by atomic mass is 9.85. The van der Waals surface area contributed by atoms with Crippen LogP contribution in [0.25, 0.3) is 0 Å². The zero-order chi connectivity index (χ0) is 13.1. The van der Waals surface area contributed by atoms with E-state index in [4.69, 9.17) is 0 Å². The van der Waals surface area contributed by atoms with Crippen LogP contribution in [0.1, 0.15) is 45.2 Å². The van der Waals surface area contributed by atoms with E-state index in [2.05, 4.69) is 12.2 Å². The fourth-order valence-corrected chi connectivity index (χ4v) is 1.76. The quantitative estimate of drug-likeness (QED) is 0.557. The number of nitrogens with one attached hydrogen (secondary N) is 1. The van der Waals surface area contributed by atoms with Crippen molar-refractivity contribution in [2.45, 2.75) is 46.1 Å². The molecule has 96 valence electrons. The van der Waals surface area contributed by atoms with Crippen LogP contribution in [-0.2, 0) is 12.0 Å². The van der Waals surface area contributed by atoms with E-state index >= 15 is 0 Å². The molecule has 0 aromatic heterocycles. The molecule has 0 saturated heterocycles. The molecule has 3 N–H and O–H groups in total. The van der Waals surface area contributed by atoms with E-state index in [1.165, 1.54) is 0 Å². The summed E-state index contributed by atoms with van der Waals surface area (Å²) in [5, 5.41) is 23.1. The highest BCUT2D eigenvalue weighted by molar-refractivity contribution is 5.47. The number of phenolic OH excluding ortho intramolecular Hbond substituents is 2. The molecule has 17 heavy (non-hydrogen) atoms. The van der Waals surface area contributed by atoms with E-state index in [0.717, 1.165) is 24.1 Å². The van der Waals surface area contributed by atoms with Gasteiger partial charge in [0, 0.05) is 17.7 Å². The highest BCUT2D eigenvalue weighted by Crippen LogP contribution is 2.35. The molecule has 3 nitrogen and oxygen atoms in total. The Morgan fingerprint density at radius 2 is 1.76 bits per heavy atom. The summed E-state index contributed by atoms with van der Waals surface area (Å²) >= 11 is 0. The Bertz CT molecular complexity index is 381. The summed E-state index contributed by atoms with van der Waals surface area (Å²) in [5.41, 5.74) is 1.34. The summed E-state index contributed by atoms with van der Waals surface area (Å²) in [7, 11) is 0. The predicted octanol–water partition coefficient (Wildman–Crippen LogP) is 2.89. The first kappa shape index (κ1) is 13.8. The molecule has 0 radical (unpaired) electrons. The SMILES string of the molecule is CCCNCc1cc(O)c(C(C)(C)C)cc1O. The number of aromatic hydroxyl groups is 2. The zero-order valence-corrected chi connectivity index (χ0v) is 11.2. The zero-order valence-electron chi connectivity index (χ0n) is 11.2. The third-order valence-corrected chi connectivity index (χ3v) is 2.75. The normalized spacial score (nSPS) is 11.8. The minimum atomic E-state index is -0.170. The lowest BCUT2D eigenvalue weighted by Crippen LogP contribution is -2.15. The van der Waals surface area contributed by atoms with Gasteiger partial charge in [0.2, 0.25) is 0 Å². The van der Waals surface area contributed by atoms with Gasteiger partial charge in [0.05, 0.1) is 0 Å². The van der Waals surface area contributed by atoms with Gasteiger partial charge in [-0.15, -0.1) is 0 Å². The Hall–Kier alpha value is -1.22. The molecule has 1 rings (SSSR count). The van der Waals surface area contributed by atoms with E-state index in [-0.39, 0.29) is 16.9 Å². The Kier molecular flexibility index (Phi) is 4.40. The molecule has 0 fully saturated rings. The summed E-state index contributed by atoms with van der Waals surface area (Å²) in [5.74, 6) is 0.500. The molecule has 0 saturated carbocycles. The van der Waals surface area contributed by atoms with Crippen LogP contribution in [-0.4, -0.2) is 16.8 Å². The Morgan fingerprint density at radius 3 is 2.29 bits per heavy atom. The fraction of sp³-hybridized carbons (Fsp3) is 0.571. The number of phenols is 2. The second-order valence-corrected chi connectivity index (χ2v) is 5.42. The van der Waals surface area contributed by atoms with Crippen LogP contribution in [0.3, 0.4) is 0 Å². The Morgan fingerprint density at radius 1 is 1.12 bits per heavy atom. The Labute approximate surface area is 103 Å². The topological polar surface area (TPSA) is 52.5 Å². The van der Waals surface area contributed by atoms with Gasteiger partial charge >= 0.3 is 0 Å². The summed E-state index contributed by atoms with van der Waals surface area (Å²) in [6, 6.07) is 3.32. The molecule has 0 unspecified atom stereocenters. The third kappa shape index (κ3) is 3.63. The van der Waals surface area contributed by atoms with Crippen molar-refractivity contribution in [2.75, 3.05) is 6.54 Å². The number of hydrogen-bond donors (Lipinski definition) is 3. The van der Waals surface area contributed by atoms with Crippen molar-refractivity contribution >= 4 is 0 Å². The van der Waals surface area contributed by atoms with Crippen LogP contribution >= 0.6 is 0 Å². The van der Waals surface area contributed by atoms with Crippen LogP contribution in [0.15, 0.2) is 12.1 Å². The molecule has 0 amide bonds. The molecule has 0 bridgehead atoms. The average molecular weight is 237 g/mol.